The van der Waals surface area contributed by atoms with Crippen LogP contribution in [-0.4, -0.2) is 5.78 Å². The third kappa shape index (κ3) is 6.03. The summed E-state index contributed by atoms with van der Waals surface area (Å²) in [5.41, 5.74) is 4.98. The van der Waals surface area contributed by atoms with E-state index in [1.165, 1.54) is 17.7 Å². The molecule has 0 saturated heterocycles. The van der Waals surface area contributed by atoms with E-state index in [4.69, 9.17) is 0 Å². The van der Waals surface area contributed by atoms with E-state index < -0.39 is 0 Å². The minimum Gasteiger partial charge on any atom is -0.380 e. The Kier molecular flexibility index (Phi) is 7.80. The molecule has 1 aromatic rings. The molecule has 0 fully saturated rings. The molecule has 1 N–H and O–H groups in total. The molecule has 0 aromatic heterocycles. The summed E-state index contributed by atoms with van der Waals surface area (Å²) in [5, 5.41) is 3.11. The van der Waals surface area contributed by atoms with E-state index in [1.54, 1.807) is 13.0 Å². The SMILES string of the molecule is C=C/C=C(C)\C=C/C.C=C1C(=O)C(C)=C1NCc1cc(C)cc(F)c1. The van der Waals surface area contributed by atoms with Crippen LogP contribution in [0.5, 0.6) is 0 Å². The number of hydrogen-bond donors (Lipinski definition) is 1. The first-order valence-electron chi connectivity index (χ1n) is 8.17. The van der Waals surface area contributed by atoms with E-state index in [0.29, 0.717) is 17.7 Å². The third-order valence-electron chi connectivity index (χ3n) is 3.67. The number of aryl methyl sites for hydroxylation is 1. The van der Waals surface area contributed by atoms with Crippen molar-refractivity contribution in [3.05, 3.63) is 95.0 Å². The van der Waals surface area contributed by atoms with Crippen molar-refractivity contribution in [3.8, 4) is 0 Å². The molecule has 132 valence electrons. The van der Waals surface area contributed by atoms with Gasteiger partial charge in [-0.15, -0.1) is 0 Å². The van der Waals surface area contributed by atoms with Crippen LogP contribution in [0.25, 0.3) is 0 Å². The van der Waals surface area contributed by atoms with Crippen LogP contribution >= 0.6 is 0 Å². The molecule has 0 radical (unpaired) electrons. The molecule has 0 unspecified atom stereocenters. The lowest BCUT2D eigenvalue weighted by molar-refractivity contribution is -0.113. The zero-order valence-corrected chi connectivity index (χ0v) is 15.4. The number of hydrogen-bond acceptors (Lipinski definition) is 2. The average molecular weight is 339 g/mol. The number of rotatable bonds is 5. The number of Topliss-reactive ketones (excluding diaryl/α,β-unsaturated/α-hetero) is 1. The van der Waals surface area contributed by atoms with Gasteiger partial charge in [0.15, 0.2) is 5.78 Å². The third-order valence-corrected chi connectivity index (χ3v) is 3.67. The quantitative estimate of drug-likeness (QED) is 0.580. The first-order chi connectivity index (χ1) is 11.8. The van der Waals surface area contributed by atoms with Crippen molar-refractivity contribution in [1.29, 1.82) is 0 Å². The summed E-state index contributed by atoms with van der Waals surface area (Å²) in [6.07, 6.45) is 7.81. The van der Waals surface area contributed by atoms with E-state index >= 15 is 0 Å². The van der Waals surface area contributed by atoms with Crippen LogP contribution in [0, 0.1) is 12.7 Å². The van der Waals surface area contributed by atoms with Crippen LogP contribution in [0.3, 0.4) is 0 Å². The van der Waals surface area contributed by atoms with Crippen LogP contribution in [0.4, 0.5) is 4.39 Å². The highest BCUT2D eigenvalue weighted by Crippen LogP contribution is 2.26. The Morgan fingerprint density at radius 1 is 1.28 bits per heavy atom. The summed E-state index contributed by atoms with van der Waals surface area (Å²) >= 11 is 0. The number of benzene rings is 1. The van der Waals surface area contributed by atoms with Crippen molar-refractivity contribution in [1.82, 2.24) is 5.32 Å². The highest BCUT2D eigenvalue weighted by molar-refractivity contribution is 6.18. The molecule has 0 aliphatic heterocycles. The van der Waals surface area contributed by atoms with Crippen LogP contribution < -0.4 is 5.32 Å². The summed E-state index contributed by atoms with van der Waals surface area (Å²) < 4.78 is 13.2. The molecule has 0 heterocycles. The maximum absolute atomic E-state index is 13.2. The van der Waals surface area contributed by atoms with Gasteiger partial charge in [0.2, 0.25) is 0 Å². The Hall–Kier alpha value is -2.68. The van der Waals surface area contributed by atoms with Gasteiger partial charge in [0, 0.05) is 17.7 Å². The second-order valence-corrected chi connectivity index (χ2v) is 5.94. The van der Waals surface area contributed by atoms with Gasteiger partial charge in [0.05, 0.1) is 5.70 Å². The zero-order valence-electron chi connectivity index (χ0n) is 15.4. The molecule has 2 rings (SSSR count). The van der Waals surface area contributed by atoms with Crippen LogP contribution in [0.15, 0.2) is 78.1 Å². The Morgan fingerprint density at radius 2 is 1.96 bits per heavy atom. The lowest BCUT2D eigenvalue weighted by Crippen LogP contribution is -2.29. The molecule has 2 nitrogen and oxygen atoms in total. The van der Waals surface area contributed by atoms with Crippen LogP contribution in [-0.2, 0) is 11.3 Å². The topological polar surface area (TPSA) is 29.1 Å². The zero-order chi connectivity index (χ0) is 19.0. The Balaban J connectivity index is 0.000000333. The number of allylic oxidation sites excluding steroid dienone is 7. The first-order valence-corrected chi connectivity index (χ1v) is 8.17. The molecule has 1 aliphatic rings. The maximum Gasteiger partial charge on any atom is 0.192 e. The number of nitrogens with one attached hydrogen (secondary N) is 1. The highest BCUT2D eigenvalue weighted by atomic mass is 19.1. The van der Waals surface area contributed by atoms with E-state index in [0.717, 1.165) is 16.8 Å². The van der Waals surface area contributed by atoms with Gasteiger partial charge in [-0.1, -0.05) is 49.1 Å². The molecule has 0 atom stereocenters. The van der Waals surface area contributed by atoms with E-state index in [2.05, 4.69) is 18.5 Å². The normalized spacial score (nSPS) is 14.2. The Labute approximate surface area is 150 Å². The molecular formula is C22H26FNO. The van der Waals surface area contributed by atoms with Gasteiger partial charge in [-0.3, -0.25) is 4.79 Å². The summed E-state index contributed by atoms with van der Waals surface area (Å²) in [7, 11) is 0. The standard InChI is InChI=1S/C14H14FNO.C8H12/c1-8-4-11(6-12(15)5-8)7-16-13-9(2)14(17)10(13)3;1-4-6-8(3)7-5-2/h4-6,16H,2,7H2,1,3H3;4-7H,1H2,2-3H3/b;7-5-,8-6-. The summed E-state index contributed by atoms with van der Waals surface area (Å²) in [4.78, 5) is 11.2. The van der Waals surface area contributed by atoms with Gasteiger partial charge in [-0.2, -0.15) is 0 Å². The van der Waals surface area contributed by atoms with Crippen molar-refractivity contribution in [2.75, 3.05) is 0 Å². The fourth-order valence-electron chi connectivity index (χ4n) is 2.47. The molecule has 3 heteroatoms. The van der Waals surface area contributed by atoms with Crippen molar-refractivity contribution < 1.29 is 9.18 Å². The highest BCUT2D eigenvalue weighted by Gasteiger charge is 2.27. The van der Waals surface area contributed by atoms with E-state index in [1.807, 2.05) is 45.1 Å². The molecule has 1 aromatic carbocycles. The number of ketones is 1. The van der Waals surface area contributed by atoms with Gasteiger partial charge < -0.3 is 5.32 Å². The van der Waals surface area contributed by atoms with Crippen LogP contribution in [0.1, 0.15) is 31.9 Å². The van der Waals surface area contributed by atoms with Crippen molar-refractivity contribution >= 4 is 5.78 Å². The van der Waals surface area contributed by atoms with Gasteiger partial charge in [-0.05, 0) is 51.0 Å². The Bertz CT molecular complexity index is 746. The predicted molar refractivity (Wildman–Crippen MR) is 104 cm³/mol. The van der Waals surface area contributed by atoms with E-state index in [9.17, 15) is 9.18 Å². The number of halogens is 1. The smallest absolute Gasteiger partial charge is 0.192 e. The molecule has 0 bridgehead atoms. The van der Waals surface area contributed by atoms with Crippen LogP contribution in [0.2, 0.25) is 0 Å². The molecule has 0 amide bonds. The van der Waals surface area contributed by atoms with Crippen molar-refractivity contribution in [2.24, 2.45) is 0 Å². The van der Waals surface area contributed by atoms with Gasteiger partial charge in [-0.25, -0.2) is 4.39 Å². The number of carbonyl (C=O) groups excluding carboxylic acids is 1. The fraction of sp³-hybridized carbons (Fsp3) is 0.227. The maximum atomic E-state index is 13.2. The minimum atomic E-state index is -0.240. The van der Waals surface area contributed by atoms with Crippen molar-refractivity contribution in [2.45, 2.75) is 34.2 Å². The summed E-state index contributed by atoms with van der Waals surface area (Å²) in [5.74, 6) is -0.237. The molecular weight excluding hydrogens is 313 g/mol. The Morgan fingerprint density at radius 3 is 2.48 bits per heavy atom. The second kappa shape index (κ2) is 9.58. The van der Waals surface area contributed by atoms with Gasteiger partial charge in [0.1, 0.15) is 5.82 Å². The summed E-state index contributed by atoms with van der Waals surface area (Å²) in [6, 6.07) is 4.88. The lowest BCUT2D eigenvalue weighted by Gasteiger charge is -2.23. The molecule has 0 spiro atoms. The molecule has 1 aliphatic carbocycles. The lowest BCUT2D eigenvalue weighted by atomic mass is 9.89. The molecule has 0 saturated carbocycles. The average Bonchev–Trinajstić information content (AvgIpc) is 2.54. The van der Waals surface area contributed by atoms with E-state index in [-0.39, 0.29) is 11.6 Å². The fourth-order valence-corrected chi connectivity index (χ4v) is 2.47. The predicted octanol–water partition coefficient (Wildman–Crippen LogP) is 5.33. The van der Waals surface area contributed by atoms with Gasteiger partial charge >= 0.3 is 0 Å². The van der Waals surface area contributed by atoms with Crippen molar-refractivity contribution in [3.63, 3.8) is 0 Å². The molecule has 25 heavy (non-hydrogen) atoms. The van der Waals surface area contributed by atoms with Gasteiger partial charge in [0.25, 0.3) is 0 Å². The number of carbonyl (C=O) groups is 1. The monoisotopic (exact) mass is 339 g/mol. The summed E-state index contributed by atoms with van der Waals surface area (Å²) in [6.45, 7) is 15.4. The second-order valence-electron chi connectivity index (χ2n) is 5.94. The first kappa shape index (κ1) is 20.4. The minimum absolute atomic E-state index is 0.00271. The largest absolute Gasteiger partial charge is 0.380 e.